The number of benzene rings is 2. The van der Waals surface area contributed by atoms with E-state index < -0.39 is 24.9 Å². The smallest absolute Gasteiger partial charge is 0.418 e. The van der Waals surface area contributed by atoms with Gasteiger partial charge in [0.25, 0.3) is 5.56 Å². The third-order valence-electron chi connectivity index (χ3n) is 8.78. The van der Waals surface area contributed by atoms with Gasteiger partial charge in [0.15, 0.2) is 0 Å². The Balaban J connectivity index is 1.36. The van der Waals surface area contributed by atoms with Crippen molar-refractivity contribution < 1.29 is 31.5 Å². The maximum atomic E-state index is 14.4. The highest BCUT2D eigenvalue weighted by Crippen LogP contribution is 2.50. The van der Waals surface area contributed by atoms with Crippen LogP contribution in [0.25, 0.3) is 32.2 Å². The lowest BCUT2D eigenvalue weighted by Crippen LogP contribution is -2.45. The molecule has 11 nitrogen and oxygen atoms in total. The van der Waals surface area contributed by atoms with Crippen LogP contribution < -0.4 is 20.5 Å². The second-order valence-electron chi connectivity index (χ2n) is 12.0. The standard InChI is InChI=1S/C35H35ClF3N6O5PS/c1-5-49-51(47,50-6-2)29-20-52-33-23(9-10-41-31(29)33)24-17-22(36)7-8-28(24)48-16-15-45-21(3)42-27-18-26(35(37,38)39)32(25(19-40)30(27)34(45)46)44-13-11-43(4)12-14-44/h7-10,17-18,20H,5-6,11-16H2,1-4H3. The third kappa shape index (κ3) is 7.16. The molecule has 0 bridgehead atoms. The lowest BCUT2D eigenvalue weighted by molar-refractivity contribution is -0.137. The summed E-state index contributed by atoms with van der Waals surface area (Å²) < 4.78 is 76.3. The highest BCUT2D eigenvalue weighted by atomic mass is 35.5. The first-order chi connectivity index (χ1) is 24.8. The van der Waals surface area contributed by atoms with Crippen molar-refractivity contribution in [3.8, 4) is 22.9 Å². The van der Waals surface area contributed by atoms with E-state index in [1.54, 1.807) is 49.7 Å². The molecule has 17 heteroatoms. The number of thiophene rings is 1. The summed E-state index contributed by atoms with van der Waals surface area (Å²) >= 11 is 7.76. The molecule has 2 aromatic carbocycles. The Morgan fingerprint density at radius 3 is 2.44 bits per heavy atom. The van der Waals surface area contributed by atoms with Gasteiger partial charge in [-0.25, -0.2) is 4.98 Å². The molecule has 0 amide bonds. The molecule has 274 valence electrons. The van der Waals surface area contributed by atoms with Crippen molar-refractivity contribution in [3.63, 3.8) is 0 Å². The fraction of sp³-hybridized carbons (Fsp3) is 0.371. The number of pyridine rings is 1. The van der Waals surface area contributed by atoms with Gasteiger partial charge >= 0.3 is 13.8 Å². The van der Waals surface area contributed by atoms with Crippen LogP contribution in [-0.4, -0.2) is 72.5 Å². The first-order valence-electron chi connectivity index (χ1n) is 16.5. The topological polar surface area (TPSA) is 123 Å². The number of fused-ring (bicyclic) bond motifs is 2. The van der Waals surface area contributed by atoms with Crippen molar-refractivity contribution in [2.24, 2.45) is 0 Å². The number of aryl methyl sites for hydroxylation is 1. The quantitative estimate of drug-likeness (QED) is 0.127. The number of nitrogens with zero attached hydrogens (tertiary/aromatic N) is 6. The SMILES string of the molecule is CCOP(=O)(OCC)c1csc2c(-c3cc(Cl)ccc3OCCn3c(C)nc4cc(C(F)(F)F)c(N5CCN(C)CC5)c(C#N)c4c3=O)ccnc12. The first kappa shape index (κ1) is 37.7. The van der Waals surface area contributed by atoms with Gasteiger partial charge in [0, 0.05) is 53.9 Å². The Morgan fingerprint density at radius 2 is 1.79 bits per heavy atom. The van der Waals surface area contributed by atoms with Gasteiger partial charge in [-0.05, 0) is 58.2 Å². The minimum absolute atomic E-state index is 0.0216. The van der Waals surface area contributed by atoms with Gasteiger partial charge in [0.2, 0.25) is 0 Å². The average molecular weight is 775 g/mol. The van der Waals surface area contributed by atoms with E-state index in [0.717, 1.165) is 6.07 Å². The lowest BCUT2D eigenvalue weighted by Gasteiger charge is -2.36. The normalized spacial score (nSPS) is 14.3. The molecule has 3 aromatic heterocycles. The molecule has 0 unspecified atom stereocenters. The molecule has 1 aliphatic rings. The molecular weight excluding hydrogens is 740 g/mol. The van der Waals surface area contributed by atoms with Gasteiger partial charge in [0.05, 0.1) is 57.7 Å². The average Bonchev–Trinajstić information content (AvgIpc) is 3.55. The minimum atomic E-state index is -4.77. The maximum Gasteiger partial charge on any atom is 0.418 e. The van der Waals surface area contributed by atoms with E-state index in [2.05, 4.69) is 9.97 Å². The van der Waals surface area contributed by atoms with Gasteiger partial charge in [-0.15, -0.1) is 11.3 Å². The van der Waals surface area contributed by atoms with Crippen molar-refractivity contribution in [2.75, 3.05) is 57.9 Å². The van der Waals surface area contributed by atoms with Gasteiger partial charge in [-0.3, -0.25) is 18.9 Å². The molecule has 4 heterocycles. The van der Waals surface area contributed by atoms with E-state index in [1.807, 2.05) is 18.0 Å². The van der Waals surface area contributed by atoms with Crippen molar-refractivity contribution in [1.29, 1.82) is 5.26 Å². The minimum Gasteiger partial charge on any atom is -0.491 e. The number of nitriles is 1. The van der Waals surface area contributed by atoms with Crippen LogP contribution in [0, 0.1) is 18.3 Å². The number of anilines is 1. The van der Waals surface area contributed by atoms with E-state index >= 15 is 0 Å². The second kappa shape index (κ2) is 15.1. The zero-order valence-corrected chi connectivity index (χ0v) is 31.3. The Kier molecular flexibility index (Phi) is 11.0. The Bertz CT molecular complexity index is 2290. The van der Waals surface area contributed by atoms with Gasteiger partial charge < -0.3 is 23.6 Å². The van der Waals surface area contributed by atoms with Crippen molar-refractivity contribution >= 4 is 62.6 Å². The van der Waals surface area contributed by atoms with Gasteiger partial charge in [-0.2, -0.15) is 18.4 Å². The molecule has 0 aliphatic carbocycles. The molecule has 0 radical (unpaired) electrons. The van der Waals surface area contributed by atoms with Crippen LogP contribution in [0.5, 0.6) is 5.75 Å². The van der Waals surface area contributed by atoms with Crippen LogP contribution in [0.4, 0.5) is 18.9 Å². The Labute approximate surface area is 306 Å². The Hall–Kier alpha value is -4.03. The molecule has 0 N–H and O–H groups in total. The highest BCUT2D eigenvalue weighted by Gasteiger charge is 2.39. The fourth-order valence-corrected chi connectivity index (χ4v) is 9.66. The summed E-state index contributed by atoms with van der Waals surface area (Å²) in [6, 6.07) is 9.63. The van der Waals surface area contributed by atoms with Gasteiger partial charge in [-0.1, -0.05) is 11.6 Å². The molecular formula is C35H35ClF3N6O5PS. The molecule has 0 spiro atoms. The van der Waals surface area contributed by atoms with Crippen LogP contribution in [0.3, 0.4) is 0 Å². The second-order valence-corrected chi connectivity index (χ2v) is 15.3. The monoisotopic (exact) mass is 774 g/mol. The summed E-state index contributed by atoms with van der Waals surface area (Å²) in [6.07, 6.45) is -3.19. The number of aromatic nitrogens is 3. The number of hydrogen-bond acceptors (Lipinski definition) is 11. The zero-order valence-electron chi connectivity index (χ0n) is 28.8. The predicted octanol–water partition coefficient (Wildman–Crippen LogP) is 7.25. The van der Waals surface area contributed by atoms with Crippen molar-refractivity contribution in [3.05, 3.63) is 74.2 Å². The van der Waals surface area contributed by atoms with E-state index in [9.17, 15) is 27.8 Å². The number of alkyl halides is 3. The van der Waals surface area contributed by atoms with Crippen LogP contribution in [0.1, 0.15) is 30.8 Å². The van der Waals surface area contributed by atoms with Crippen LogP contribution in [0.15, 0.2) is 46.7 Å². The summed E-state index contributed by atoms with van der Waals surface area (Å²) in [6.45, 7) is 6.82. The number of halogens is 4. The fourth-order valence-electron chi connectivity index (χ4n) is 6.36. The summed E-state index contributed by atoms with van der Waals surface area (Å²) in [5, 5.41) is 12.6. The van der Waals surface area contributed by atoms with Crippen LogP contribution >= 0.6 is 30.5 Å². The molecule has 6 rings (SSSR count). The highest BCUT2D eigenvalue weighted by molar-refractivity contribution is 7.63. The molecule has 1 saturated heterocycles. The van der Waals surface area contributed by atoms with E-state index in [1.165, 1.54) is 27.7 Å². The number of ether oxygens (including phenoxy) is 1. The van der Waals surface area contributed by atoms with E-state index in [4.69, 9.17) is 25.4 Å². The summed E-state index contributed by atoms with van der Waals surface area (Å²) in [5.74, 6) is 0.589. The van der Waals surface area contributed by atoms with Gasteiger partial charge in [0.1, 0.15) is 29.6 Å². The Morgan fingerprint density at radius 1 is 1.08 bits per heavy atom. The summed E-state index contributed by atoms with van der Waals surface area (Å²) in [5.41, 5.74) is -0.710. The maximum absolute atomic E-state index is 14.4. The summed E-state index contributed by atoms with van der Waals surface area (Å²) in [7, 11) is -1.77. The molecule has 0 atom stereocenters. The molecule has 1 aliphatic heterocycles. The number of piperazine rings is 1. The van der Waals surface area contributed by atoms with E-state index in [-0.39, 0.29) is 67.4 Å². The number of hydrogen-bond donors (Lipinski definition) is 0. The van der Waals surface area contributed by atoms with Crippen LogP contribution in [0.2, 0.25) is 5.02 Å². The third-order valence-corrected chi connectivity index (χ3v) is 12.3. The predicted molar refractivity (Wildman–Crippen MR) is 196 cm³/mol. The van der Waals surface area contributed by atoms with Crippen molar-refractivity contribution in [1.82, 2.24) is 19.4 Å². The molecule has 0 saturated carbocycles. The zero-order chi connectivity index (χ0) is 37.4. The number of rotatable bonds is 11. The summed E-state index contributed by atoms with van der Waals surface area (Å²) in [4.78, 5) is 26.4. The first-order valence-corrected chi connectivity index (χ1v) is 19.3. The number of likely N-dealkylation sites (N-methyl/N-ethyl adjacent to an activating group) is 1. The van der Waals surface area contributed by atoms with Crippen molar-refractivity contribution in [2.45, 2.75) is 33.5 Å². The molecule has 5 aromatic rings. The molecule has 52 heavy (non-hydrogen) atoms. The largest absolute Gasteiger partial charge is 0.491 e. The van der Waals surface area contributed by atoms with E-state index in [0.29, 0.717) is 50.5 Å². The lowest BCUT2D eigenvalue weighted by atomic mass is 10.00. The molecule has 1 fully saturated rings. The van der Waals surface area contributed by atoms with Crippen LogP contribution in [-0.2, 0) is 26.3 Å².